The molecule has 1 fully saturated rings. The van der Waals surface area contributed by atoms with Crippen LogP contribution in [0.2, 0.25) is 0 Å². The van der Waals surface area contributed by atoms with Crippen LogP contribution < -0.4 is 10.3 Å². The quantitative estimate of drug-likeness (QED) is 0.763. The molecule has 0 radical (unpaired) electrons. The average Bonchev–Trinajstić information content (AvgIpc) is 2.63. The maximum absolute atomic E-state index is 11.8. The van der Waals surface area contributed by atoms with Gasteiger partial charge in [-0.25, -0.2) is 8.42 Å². The number of pyridine rings is 1. The van der Waals surface area contributed by atoms with Crippen LogP contribution in [0.25, 0.3) is 0 Å². The van der Waals surface area contributed by atoms with Crippen molar-refractivity contribution in [3.8, 4) is 0 Å². The van der Waals surface area contributed by atoms with Gasteiger partial charge in [0, 0.05) is 18.3 Å². The van der Waals surface area contributed by atoms with Crippen LogP contribution in [-0.4, -0.2) is 37.6 Å². The van der Waals surface area contributed by atoms with Gasteiger partial charge < -0.3 is 4.98 Å². The molecule has 0 spiro atoms. The second-order valence-electron chi connectivity index (χ2n) is 7.31. The van der Waals surface area contributed by atoms with Crippen LogP contribution >= 0.6 is 0 Å². The minimum absolute atomic E-state index is 0.00499. The zero-order chi connectivity index (χ0) is 19.3. The van der Waals surface area contributed by atoms with Gasteiger partial charge in [-0.2, -0.15) is 0 Å². The number of likely N-dealkylation sites (tertiary alicyclic amines) is 1. The molecule has 3 rings (SSSR count). The number of aryl methyl sites for hydroxylation is 1. The van der Waals surface area contributed by atoms with E-state index in [1.54, 1.807) is 6.20 Å². The molecule has 1 aliphatic rings. The minimum Gasteiger partial charge on any atom is -0.329 e. The normalized spacial score (nSPS) is 16.3. The third kappa shape index (κ3) is 5.94. The molecule has 0 aliphatic carbocycles. The Morgan fingerprint density at radius 1 is 1.11 bits per heavy atom. The Labute approximate surface area is 160 Å². The van der Waals surface area contributed by atoms with Gasteiger partial charge in [0.05, 0.1) is 11.9 Å². The number of sulfonamides is 1. The van der Waals surface area contributed by atoms with E-state index >= 15 is 0 Å². The third-order valence-electron chi connectivity index (χ3n) is 5.14. The van der Waals surface area contributed by atoms with Crippen molar-refractivity contribution < 1.29 is 8.42 Å². The molecular weight excluding hydrogens is 362 g/mol. The van der Waals surface area contributed by atoms with Gasteiger partial charge in [-0.05, 0) is 62.4 Å². The number of hydrogen-bond donors (Lipinski definition) is 2. The zero-order valence-electron chi connectivity index (χ0n) is 15.6. The van der Waals surface area contributed by atoms with E-state index in [-0.39, 0.29) is 5.56 Å². The van der Waals surface area contributed by atoms with Crippen molar-refractivity contribution in [2.75, 3.05) is 24.1 Å². The lowest BCUT2D eigenvalue weighted by Gasteiger charge is -2.32. The first kappa shape index (κ1) is 19.6. The Balaban J connectivity index is 1.50. The summed E-state index contributed by atoms with van der Waals surface area (Å²) in [5, 5.41) is 0. The molecule has 0 atom stereocenters. The molecule has 1 aromatic carbocycles. The summed E-state index contributed by atoms with van der Waals surface area (Å²) in [7, 11) is -3.27. The number of aromatic nitrogens is 1. The van der Waals surface area contributed by atoms with Crippen molar-refractivity contribution >= 4 is 15.7 Å². The van der Waals surface area contributed by atoms with Crippen molar-refractivity contribution in [1.82, 2.24) is 9.88 Å². The Hall–Kier alpha value is -2.12. The molecule has 1 aromatic heterocycles. The Morgan fingerprint density at radius 2 is 1.81 bits per heavy atom. The summed E-state index contributed by atoms with van der Waals surface area (Å²) in [4.78, 5) is 16.9. The second-order valence-corrected chi connectivity index (χ2v) is 9.06. The van der Waals surface area contributed by atoms with Gasteiger partial charge in [-0.1, -0.05) is 24.3 Å². The fourth-order valence-corrected chi connectivity index (χ4v) is 4.25. The molecule has 1 aliphatic heterocycles. The number of rotatable bonds is 7. The van der Waals surface area contributed by atoms with E-state index in [9.17, 15) is 13.2 Å². The van der Waals surface area contributed by atoms with Crippen molar-refractivity contribution in [1.29, 1.82) is 0 Å². The van der Waals surface area contributed by atoms with E-state index in [1.807, 2.05) is 36.4 Å². The van der Waals surface area contributed by atoms with Crippen LogP contribution in [0.3, 0.4) is 0 Å². The molecule has 2 N–H and O–H groups in total. The van der Waals surface area contributed by atoms with E-state index in [2.05, 4.69) is 14.6 Å². The third-order valence-corrected chi connectivity index (χ3v) is 5.73. The molecule has 146 valence electrons. The average molecular weight is 390 g/mol. The second kappa shape index (κ2) is 8.71. The number of nitrogens with one attached hydrogen (secondary N) is 2. The van der Waals surface area contributed by atoms with E-state index in [4.69, 9.17) is 0 Å². The highest BCUT2D eigenvalue weighted by Crippen LogP contribution is 2.25. The van der Waals surface area contributed by atoms with Crippen molar-refractivity contribution in [3.63, 3.8) is 0 Å². The zero-order valence-corrected chi connectivity index (χ0v) is 16.5. The lowest BCUT2D eigenvalue weighted by atomic mass is 9.90. The molecule has 0 unspecified atom stereocenters. The standard InChI is InChI=1S/C20H27N3O3S/c1-27(25,26)22-19-7-3-2-5-17(19)9-8-16-10-13-23(14-11-16)15-18-6-4-12-21-20(18)24/h2-7,12,16,22H,8-11,13-15H2,1H3,(H,21,24). The lowest BCUT2D eigenvalue weighted by Crippen LogP contribution is -2.35. The number of H-pyrrole nitrogens is 1. The van der Waals surface area contributed by atoms with Crippen molar-refractivity contribution in [2.45, 2.75) is 32.2 Å². The van der Waals surface area contributed by atoms with Gasteiger partial charge in [-0.3, -0.25) is 14.4 Å². The molecule has 27 heavy (non-hydrogen) atoms. The molecule has 0 amide bonds. The largest absolute Gasteiger partial charge is 0.329 e. The minimum atomic E-state index is -3.27. The summed E-state index contributed by atoms with van der Waals surface area (Å²) in [6.45, 7) is 2.68. The van der Waals surface area contributed by atoms with Gasteiger partial charge in [0.25, 0.3) is 5.56 Å². The number of nitrogens with zero attached hydrogens (tertiary/aromatic N) is 1. The predicted molar refractivity (Wildman–Crippen MR) is 108 cm³/mol. The predicted octanol–water partition coefficient (Wildman–Crippen LogP) is 2.59. The lowest BCUT2D eigenvalue weighted by molar-refractivity contribution is 0.172. The number of hydrogen-bond acceptors (Lipinski definition) is 4. The maximum Gasteiger partial charge on any atom is 0.252 e. The van der Waals surface area contributed by atoms with Gasteiger partial charge >= 0.3 is 0 Å². The summed E-state index contributed by atoms with van der Waals surface area (Å²) in [6, 6.07) is 11.4. The first-order valence-corrected chi connectivity index (χ1v) is 11.2. The number of anilines is 1. The highest BCUT2D eigenvalue weighted by Gasteiger charge is 2.20. The Bertz CT molecular complexity index is 916. The van der Waals surface area contributed by atoms with Gasteiger partial charge in [0.1, 0.15) is 0 Å². The summed E-state index contributed by atoms with van der Waals surface area (Å²) >= 11 is 0. The summed E-state index contributed by atoms with van der Waals surface area (Å²) in [6.07, 6.45) is 6.95. The van der Waals surface area contributed by atoms with E-state index in [0.29, 0.717) is 18.2 Å². The first-order valence-electron chi connectivity index (χ1n) is 9.35. The number of aromatic amines is 1. The number of piperidine rings is 1. The van der Waals surface area contributed by atoms with Crippen molar-refractivity contribution in [2.24, 2.45) is 5.92 Å². The Kier molecular flexibility index (Phi) is 6.34. The topological polar surface area (TPSA) is 82.3 Å². The summed E-state index contributed by atoms with van der Waals surface area (Å²) in [5.74, 6) is 0.626. The molecule has 0 saturated carbocycles. The van der Waals surface area contributed by atoms with Crippen LogP contribution in [0.15, 0.2) is 47.4 Å². The Morgan fingerprint density at radius 3 is 2.52 bits per heavy atom. The van der Waals surface area contributed by atoms with Crippen LogP contribution in [-0.2, 0) is 23.0 Å². The maximum atomic E-state index is 11.8. The smallest absolute Gasteiger partial charge is 0.252 e. The number of para-hydroxylation sites is 1. The van der Waals surface area contributed by atoms with E-state index in [0.717, 1.165) is 49.9 Å². The SMILES string of the molecule is CS(=O)(=O)Nc1ccccc1CCC1CCN(Cc2ccc[nH]c2=O)CC1. The highest BCUT2D eigenvalue weighted by molar-refractivity contribution is 7.92. The fraction of sp³-hybridized carbons (Fsp3) is 0.450. The fourth-order valence-electron chi connectivity index (χ4n) is 3.65. The van der Waals surface area contributed by atoms with Crippen LogP contribution in [0, 0.1) is 5.92 Å². The van der Waals surface area contributed by atoms with Gasteiger partial charge in [-0.15, -0.1) is 0 Å². The molecule has 2 aromatic rings. The van der Waals surface area contributed by atoms with Gasteiger partial charge in [0.2, 0.25) is 10.0 Å². The molecular formula is C20H27N3O3S. The van der Waals surface area contributed by atoms with Crippen LogP contribution in [0.4, 0.5) is 5.69 Å². The highest BCUT2D eigenvalue weighted by atomic mass is 32.2. The molecule has 0 bridgehead atoms. The first-order chi connectivity index (χ1) is 12.9. The summed E-state index contributed by atoms with van der Waals surface area (Å²) in [5.41, 5.74) is 2.54. The van der Waals surface area contributed by atoms with E-state index < -0.39 is 10.0 Å². The van der Waals surface area contributed by atoms with Crippen LogP contribution in [0.1, 0.15) is 30.4 Å². The number of benzene rings is 1. The molecule has 1 saturated heterocycles. The van der Waals surface area contributed by atoms with Crippen LogP contribution in [0.5, 0.6) is 0 Å². The van der Waals surface area contributed by atoms with E-state index in [1.165, 1.54) is 6.26 Å². The van der Waals surface area contributed by atoms with Crippen molar-refractivity contribution in [3.05, 3.63) is 64.1 Å². The summed E-state index contributed by atoms with van der Waals surface area (Å²) < 4.78 is 25.7. The van der Waals surface area contributed by atoms with Gasteiger partial charge in [0.15, 0.2) is 0 Å². The molecule has 2 heterocycles. The monoisotopic (exact) mass is 389 g/mol. The molecule has 7 heteroatoms. The molecule has 6 nitrogen and oxygen atoms in total.